The highest BCUT2D eigenvalue weighted by Crippen LogP contribution is 2.51. The summed E-state index contributed by atoms with van der Waals surface area (Å²) in [4.78, 5) is 16.3. The van der Waals surface area contributed by atoms with E-state index in [1.807, 2.05) is 6.07 Å². The Kier molecular flexibility index (Phi) is 7.47. The second kappa shape index (κ2) is 12.5. The van der Waals surface area contributed by atoms with E-state index in [-0.39, 0.29) is 5.41 Å². The first kappa shape index (κ1) is 34.7. The number of nitrogens with zero attached hydrogens (tertiary/aromatic N) is 5. The zero-order chi connectivity index (χ0) is 39.6. The number of aromatic nitrogens is 5. The SMILES string of the molecule is Bc1c(B)c(B)c(-n2c3ccccc3c3ccc4c5ccccc5n(-c5nc(-c6ccccc6)nc(-c6cccc7c6-c6ccccc6C7(C)C)n5)c4c32)c(B)c1B. The van der Waals surface area contributed by atoms with Crippen LogP contribution in [0.2, 0.25) is 0 Å². The fourth-order valence-electron chi connectivity index (χ4n) is 10.00. The predicted molar refractivity (Wildman–Crippen MR) is 258 cm³/mol. The van der Waals surface area contributed by atoms with Crippen molar-refractivity contribution in [1.29, 1.82) is 0 Å². The molecule has 0 saturated heterocycles. The van der Waals surface area contributed by atoms with E-state index in [1.165, 1.54) is 71.5 Å². The summed E-state index contributed by atoms with van der Waals surface area (Å²) in [5, 5.41) is 4.72. The van der Waals surface area contributed by atoms with Crippen molar-refractivity contribution in [2.75, 3.05) is 0 Å². The molecule has 7 aromatic carbocycles. The van der Waals surface area contributed by atoms with Gasteiger partial charge in [-0.05, 0) is 34.4 Å². The second-order valence-corrected chi connectivity index (χ2v) is 16.6. The molecule has 11 rings (SSSR count). The lowest BCUT2D eigenvalue weighted by Crippen LogP contribution is -2.56. The minimum Gasteiger partial charge on any atom is -0.308 e. The third-order valence-electron chi connectivity index (χ3n) is 13.4. The lowest BCUT2D eigenvalue weighted by Gasteiger charge is -2.23. The van der Waals surface area contributed by atoms with Crippen LogP contribution in [0.4, 0.5) is 0 Å². The Morgan fingerprint density at radius 3 is 1.64 bits per heavy atom. The van der Waals surface area contributed by atoms with E-state index < -0.39 is 0 Å². The molecule has 3 heterocycles. The van der Waals surface area contributed by atoms with Crippen LogP contribution in [0.3, 0.4) is 0 Å². The van der Waals surface area contributed by atoms with E-state index in [1.54, 1.807) is 0 Å². The van der Waals surface area contributed by atoms with E-state index >= 15 is 0 Å². The van der Waals surface area contributed by atoms with Gasteiger partial charge in [-0.25, -0.2) is 4.98 Å². The number of benzene rings is 7. The first-order valence-corrected chi connectivity index (χ1v) is 20.2. The molecule has 5 nitrogen and oxygen atoms in total. The van der Waals surface area contributed by atoms with Gasteiger partial charge < -0.3 is 4.57 Å². The summed E-state index contributed by atoms with van der Waals surface area (Å²) < 4.78 is 4.83. The van der Waals surface area contributed by atoms with Gasteiger partial charge in [-0.3, -0.25) is 4.57 Å². The maximum atomic E-state index is 5.54. The van der Waals surface area contributed by atoms with E-state index in [0.29, 0.717) is 17.6 Å². The average Bonchev–Trinajstić information content (AvgIpc) is 3.86. The quantitative estimate of drug-likeness (QED) is 0.261. The number of fused-ring (bicyclic) bond motifs is 10. The van der Waals surface area contributed by atoms with Gasteiger partial charge in [0.25, 0.3) is 0 Å². The summed E-state index contributed by atoms with van der Waals surface area (Å²) in [5.74, 6) is 1.88. The normalized spacial score (nSPS) is 13.1. The Bertz CT molecular complexity index is 3360. The van der Waals surface area contributed by atoms with Gasteiger partial charge in [0.2, 0.25) is 5.95 Å². The molecule has 0 amide bonds. The average molecular weight is 739 g/mol. The highest BCUT2D eigenvalue weighted by molar-refractivity contribution is 6.68. The van der Waals surface area contributed by atoms with Gasteiger partial charge in [0.15, 0.2) is 11.6 Å². The zero-order valence-electron chi connectivity index (χ0n) is 33.9. The molecule has 0 radical (unpaired) electrons. The third-order valence-corrected chi connectivity index (χ3v) is 13.4. The van der Waals surface area contributed by atoms with Gasteiger partial charge in [0.05, 0.1) is 22.1 Å². The Morgan fingerprint density at radius 1 is 0.431 bits per heavy atom. The molecule has 0 N–H and O–H groups in total. The van der Waals surface area contributed by atoms with Crippen LogP contribution in [0.1, 0.15) is 25.0 Å². The van der Waals surface area contributed by atoms with Crippen LogP contribution < -0.4 is 27.3 Å². The summed E-state index contributed by atoms with van der Waals surface area (Å²) in [6, 6.07) is 47.8. The van der Waals surface area contributed by atoms with Crippen LogP contribution in [0.5, 0.6) is 0 Å². The molecular formula is C48H38B5N5. The van der Waals surface area contributed by atoms with Gasteiger partial charge in [-0.2, -0.15) is 9.97 Å². The summed E-state index contributed by atoms with van der Waals surface area (Å²) in [6.45, 7) is 4.64. The number of para-hydroxylation sites is 2. The highest BCUT2D eigenvalue weighted by Gasteiger charge is 2.37. The van der Waals surface area contributed by atoms with Gasteiger partial charge in [0, 0.05) is 43.8 Å². The second-order valence-electron chi connectivity index (χ2n) is 16.6. The molecule has 10 aromatic rings. The number of hydrogen-bond donors (Lipinski definition) is 0. The number of hydrogen-bond acceptors (Lipinski definition) is 3. The van der Waals surface area contributed by atoms with Crippen molar-refractivity contribution in [3.8, 4) is 45.5 Å². The summed E-state index contributed by atoms with van der Waals surface area (Å²) in [6.07, 6.45) is 0. The lowest BCUT2D eigenvalue weighted by atomic mass is 9.61. The van der Waals surface area contributed by atoms with Crippen LogP contribution in [0.25, 0.3) is 89.2 Å². The largest absolute Gasteiger partial charge is 0.308 e. The monoisotopic (exact) mass is 739 g/mol. The van der Waals surface area contributed by atoms with Crippen molar-refractivity contribution in [1.82, 2.24) is 24.1 Å². The molecule has 0 spiro atoms. The van der Waals surface area contributed by atoms with Crippen LogP contribution in [0, 0.1) is 0 Å². The minimum atomic E-state index is -0.158. The fraction of sp³-hybridized carbons (Fsp3) is 0.0625. The van der Waals surface area contributed by atoms with Crippen LogP contribution >= 0.6 is 0 Å². The number of rotatable bonds is 4. The molecule has 0 unspecified atom stereocenters. The highest BCUT2D eigenvalue weighted by atomic mass is 15.2. The molecule has 0 aliphatic heterocycles. The summed E-state index contributed by atoms with van der Waals surface area (Å²) >= 11 is 0. The fourth-order valence-corrected chi connectivity index (χ4v) is 10.00. The van der Waals surface area contributed by atoms with Gasteiger partial charge >= 0.3 is 0 Å². The Morgan fingerprint density at radius 2 is 0.948 bits per heavy atom. The molecule has 1 aliphatic carbocycles. The molecule has 10 heteroatoms. The van der Waals surface area contributed by atoms with E-state index in [0.717, 1.165) is 38.4 Å². The molecule has 3 aromatic heterocycles. The van der Waals surface area contributed by atoms with Crippen molar-refractivity contribution in [2.45, 2.75) is 19.3 Å². The van der Waals surface area contributed by atoms with Crippen LogP contribution in [-0.4, -0.2) is 63.3 Å². The molecular weight excluding hydrogens is 701 g/mol. The molecule has 1 aliphatic rings. The van der Waals surface area contributed by atoms with Crippen LogP contribution in [0.15, 0.2) is 133 Å². The van der Waals surface area contributed by atoms with Crippen molar-refractivity contribution in [2.24, 2.45) is 0 Å². The van der Waals surface area contributed by atoms with Gasteiger partial charge in [-0.1, -0.05) is 157 Å². The molecule has 0 bridgehead atoms. The van der Waals surface area contributed by atoms with E-state index in [2.05, 4.69) is 190 Å². The van der Waals surface area contributed by atoms with E-state index in [4.69, 9.17) is 15.0 Å². The molecule has 270 valence electrons. The Hall–Kier alpha value is -6.53. The summed E-state index contributed by atoms with van der Waals surface area (Å²) in [5.41, 5.74) is 19.1. The Labute approximate surface area is 342 Å². The standard InChI is InChI=1S/C48H38B5N5/c1-48(2)32-19-9-6-17-30(32)36-31(18-12-20-33(36)48)46-54-45(25-13-4-3-5-14-25)55-47(56-46)58-35-22-11-8-16-27(35)29-24-23-28-26-15-7-10-21-34(26)57(42(28)43(29)58)44-40(52)38(50)37(49)39(51)41(44)53/h3-24H,49-53H2,1-2H3. The first-order chi connectivity index (χ1) is 28.1. The van der Waals surface area contributed by atoms with Crippen molar-refractivity contribution in [3.05, 3.63) is 145 Å². The van der Waals surface area contributed by atoms with Crippen molar-refractivity contribution < 1.29 is 0 Å². The zero-order valence-corrected chi connectivity index (χ0v) is 33.9. The van der Waals surface area contributed by atoms with E-state index in [9.17, 15) is 0 Å². The molecule has 0 saturated carbocycles. The van der Waals surface area contributed by atoms with Gasteiger partial charge in [-0.15, -0.1) is 5.46 Å². The van der Waals surface area contributed by atoms with Crippen molar-refractivity contribution >= 4 is 110 Å². The first-order valence-electron chi connectivity index (χ1n) is 20.2. The topological polar surface area (TPSA) is 48.5 Å². The molecule has 0 atom stereocenters. The molecule has 58 heavy (non-hydrogen) atoms. The molecule has 0 fully saturated rings. The predicted octanol–water partition coefficient (Wildman–Crippen LogP) is 3.00. The maximum Gasteiger partial charge on any atom is 0.238 e. The minimum absolute atomic E-state index is 0.158. The van der Waals surface area contributed by atoms with Gasteiger partial charge in [0.1, 0.15) is 39.2 Å². The Balaban J connectivity index is 1.31. The van der Waals surface area contributed by atoms with Crippen LogP contribution in [-0.2, 0) is 5.41 Å². The smallest absolute Gasteiger partial charge is 0.238 e. The summed E-state index contributed by atoms with van der Waals surface area (Å²) in [7, 11) is 11.3. The van der Waals surface area contributed by atoms with Crippen molar-refractivity contribution in [3.63, 3.8) is 0 Å². The lowest BCUT2D eigenvalue weighted by molar-refractivity contribution is 0.660. The third kappa shape index (κ3) is 4.69. The maximum absolute atomic E-state index is 5.54.